The molecule has 1 aromatic carbocycles. The number of Topliss-reactive ketones (excluding diaryl/α,β-unsaturated/α-hetero) is 1. The van der Waals surface area contributed by atoms with Crippen LogP contribution >= 0.6 is 0 Å². The number of rotatable bonds is 8. The SMILES string of the molecule is CCN(CC)c1ccc([C@H]2[C@H](C(=O)OC(C)C)C(=O)C[C@@](C)(O)[C@@H]2C(=O)OC(C)C)cc1. The lowest BCUT2D eigenvalue weighted by atomic mass is 9.61. The summed E-state index contributed by atoms with van der Waals surface area (Å²) in [4.78, 5) is 41.3. The average Bonchev–Trinajstić information content (AvgIpc) is 2.66. The van der Waals surface area contributed by atoms with Crippen LogP contribution in [0.15, 0.2) is 24.3 Å². The molecule has 1 saturated carbocycles. The summed E-state index contributed by atoms with van der Waals surface area (Å²) in [6.45, 7) is 14.1. The molecule has 1 N–H and O–H groups in total. The summed E-state index contributed by atoms with van der Waals surface area (Å²) in [6, 6.07) is 7.45. The van der Waals surface area contributed by atoms with Gasteiger partial charge in [0.1, 0.15) is 5.92 Å². The number of carbonyl (C=O) groups is 3. The van der Waals surface area contributed by atoms with E-state index in [1.54, 1.807) is 27.7 Å². The lowest BCUT2D eigenvalue weighted by Gasteiger charge is -2.44. The normalized spacial score (nSPS) is 25.7. The van der Waals surface area contributed by atoms with Gasteiger partial charge in [0.2, 0.25) is 0 Å². The van der Waals surface area contributed by atoms with Gasteiger partial charge >= 0.3 is 11.9 Å². The molecule has 178 valence electrons. The topological polar surface area (TPSA) is 93.1 Å². The van der Waals surface area contributed by atoms with Gasteiger partial charge in [-0.1, -0.05) is 12.1 Å². The maximum atomic E-state index is 13.1. The first-order chi connectivity index (χ1) is 14.9. The van der Waals surface area contributed by atoms with E-state index in [-0.39, 0.29) is 6.42 Å². The van der Waals surface area contributed by atoms with E-state index in [0.29, 0.717) is 5.56 Å². The third-order valence-electron chi connectivity index (χ3n) is 5.89. The Morgan fingerprint density at radius 1 is 1.03 bits per heavy atom. The number of hydrogen-bond acceptors (Lipinski definition) is 7. The van der Waals surface area contributed by atoms with Crippen LogP contribution in [0.2, 0.25) is 0 Å². The second kappa shape index (κ2) is 10.5. The van der Waals surface area contributed by atoms with Gasteiger partial charge in [-0.15, -0.1) is 0 Å². The van der Waals surface area contributed by atoms with Gasteiger partial charge in [0.05, 0.1) is 23.7 Å². The summed E-state index contributed by atoms with van der Waals surface area (Å²) in [5.41, 5.74) is -0.0410. The molecule has 1 aromatic rings. The first-order valence-corrected chi connectivity index (χ1v) is 11.4. The number of nitrogens with zero attached hydrogens (tertiary/aromatic N) is 1. The molecule has 4 atom stereocenters. The lowest BCUT2D eigenvalue weighted by molar-refractivity contribution is -0.176. The van der Waals surface area contributed by atoms with E-state index < -0.39 is 53.3 Å². The molecule has 0 spiro atoms. The quantitative estimate of drug-likeness (QED) is 0.482. The third kappa shape index (κ3) is 5.68. The highest BCUT2D eigenvalue weighted by molar-refractivity contribution is 6.02. The minimum atomic E-state index is -1.65. The number of anilines is 1. The molecule has 7 nitrogen and oxygen atoms in total. The second-order valence-electron chi connectivity index (χ2n) is 9.22. The number of hydrogen-bond donors (Lipinski definition) is 1. The monoisotopic (exact) mass is 447 g/mol. The number of carbonyl (C=O) groups excluding carboxylic acids is 3. The van der Waals surface area contributed by atoms with Gasteiger partial charge in [-0.05, 0) is 66.2 Å². The van der Waals surface area contributed by atoms with Gasteiger partial charge in [-0.3, -0.25) is 14.4 Å². The van der Waals surface area contributed by atoms with Gasteiger partial charge in [0.15, 0.2) is 5.78 Å². The van der Waals surface area contributed by atoms with Crippen molar-refractivity contribution in [2.24, 2.45) is 11.8 Å². The van der Waals surface area contributed by atoms with Crippen LogP contribution in [0.5, 0.6) is 0 Å². The summed E-state index contributed by atoms with van der Waals surface area (Å²) in [5, 5.41) is 11.1. The van der Waals surface area contributed by atoms with E-state index in [4.69, 9.17) is 9.47 Å². The molecule has 1 aliphatic carbocycles. The van der Waals surface area contributed by atoms with E-state index in [9.17, 15) is 19.5 Å². The highest BCUT2D eigenvalue weighted by atomic mass is 16.5. The molecule has 2 rings (SSSR count). The molecule has 0 saturated heterocycles. The molecule has 0 radical (unpaired) electrons. The number of esters is 2. The van der Waals surface area contributed by atoms with Crippen molar-refractivity contribution in [1.29, 1.82) is 0 Å². The number of benzene rings is 1. The van der Waals surface area contributed by atoms with Crippen molar-refractivity contribution in [3.8, 4) is 0 Å². The molecule has 7 heteroatoms. The zero-order valence-corrected chi connectivity index (χ0v) is 20.3. The van der Waals surface area contributed by atoms with Crippen LogP contribution in [0.4, 0.5) is 5.69 Å². The molecule has 0 unspecified atom stereocenters. The summed E-state index contributed by atoms with van der Waals surface area (Å²) in [7, 11) is 0. The van der Waals surface area contributed by atoms with Crippen LogP contribution in [0.3, 0.4) is 0 Å². The first kappa shape index (κ1) is 25.8. The van der Waals surface area contributed by atoms with Crippen LogP contribution in [0, 0.1) is 11.8 Å². The molecule has 0 heterocycles. The molecule has 0 bridgehead atoms. The Morgan fingerprint density at radius 3 is 2.00 bits per heavy atom. The second-order valence-corrected chi connectivity index (χ2v) is 9.22. The zero-order valence-electron chi connectivity index (χ0n) is 20.3. The molecule has 32 heavy (non-hydrogen) atoms. The minimum Gasteiger partial charge on any atom is -0.463 e. The van der Waals surface area contributed by atoms with Crippen LogP contribution in [-0.4, -0.2) is 53.7 Å². The Hall–Kier alpha value is -2.41. The van der Waals surface area contributed by atoms with Crippen molar-refractivity contribution in [3.63, 3.8) is 0 Å². The third-order valence-corrected chi connectivity index (χ3v) is 5.89. The van der Waals surface area contributed by atoms with Gasteiger partial charge in [-0.2, -0.15) is 0 Å². The number of ketones is 1. The number of aliphatic hydroxyl groups is 1. The van der Waals surface area contributed by atoms with E-state index >= 15 is 0 Å². The van der Waals surface area contributed by atoms with E-state index in [0.717, 1.165) is 18.8 Å². The minimum absolute atomic E-state index is 0.323. The molecule has 1 fully saturated rings. The van der Waals surface area contributed by atoms with Gasteiger partial charge in [0, 0.05) is 31.1 Å². The summed E-state index contributed by atoms with van der Waals surface area (Å²) < 4.78 is 10.8. The van der Waals surface area contributed by atoms with Gasteiger partial charge < -0.3 is 19.5 Å². The molecule has 0 amide bonds. The standard InChI is InChI=1S/C25H37NO6/c1-8-26(9-2)18-12-10-17(11-13-18)20-21(23(28)31-15(3)4)19(27)14-25(7,30)22(20)24(29)32-16(5)6/h10-13,15-16,20-22,30H,8-9,14H2,1-7H3/t20-,21+,22-,25+/m0/s1. The highest BCUT2D eigenvalue weighted by Crippen LogP contribution is 2.47. The fourth-order valence-corrected chi connectivity index (χ4v) is 4.52. The van der Waals surface area contributed by atoms with Crippen LogP contribution < -0.4 is 4.90 Å². The molecular weight excluding hydrogens is 410 g/mol. The van der Waals surface area contributed by atoms with Crippen molar-refractivity contribution >= 4 is 23.4 Å². The maximum Gasteiger partial charge on any atom is 0.317 e. The van der Waals surface area contributed by atoms with Gasteiger partial charge in [-0.25, -0.2) is 0 Å². The highest BCUT2D eigenvalue weighted by Gasteiger charge is 2.57. The van der Waals surface area contributed by atoms with Crippen LogP contribution in [0.25, 0.3) is 0 Å². The van der Waals surface area contributed by atoms with Gasteiger partial charge in [0.25, 0.3) is 0 Å². The molecule has 1 aliphatic rings. The fourth-order valence-electron chi connectivity index (χ4n) is 4.52. The Bertz CT molecular complexity index is 802. The van der Waals surface area contributed by atoms with Crippen molar-refractivity contribution < 1.29 is 29.0 Å². The van der Waals surface area contributed by atoms with Crippen LogP contribution in [0.1, 0.15) is 66.4 Å². The Kier molecular flexibility index (Phi) is 8.46. The number of ether oxygens (including phenoxy) is 2. The van der Waals surface area contributed by atoms with E-state index in [2.05, 4.69) is 18.7 Å². The van der Waals surface area contributed by atoms with Crippen molar-refractivity contribution in [2.45, 2.75) is 78.6 Å². The predicted molar refractivity (Wildman–Crippen MR) is 122 cm³/mol. The first-order valence-electron chi connectivity index (χ1n) is 11.4. The van der Waals surface area contributed by atoms with E-state index in [1.165, 1.54) is 6.92 Å². The Morgan fingerprint density at radius 2 is 1.53 bits per heavy atom. The summed E-state index contributed by atoms with van der Waals surface area (Å²) in [5.74, 6) is -4.92. The van der Waals surface area contributed by atoms with Crippen molar-refractivity contribution in [3.05, 3.63) is 29.8 Å². The zero-order chi connectivity index (χ0) is 24.2. The largest absolute Gasteiger partial charge is 0.463 e. The maximum absolute atomic E-state index is 13.1. The van der Waals surface area contributed by atoms with Crippen molar-refractivity contribution in [2.75, 3.05) is 18.0 Å². The average molecular weight is 448 g/mol. The summed E-state index contributed by atoms with van der Waals surface area (Å²) >= 11 is 0. The Labute approximate surface area is 191 Å². The fraction of sp³-hybridized carbons (Fsp3) is 0.640. The summed E-state index contributed by atoms with van der Waals surface area (Å²) in [6.07, 6.45) is -1.14. The molecule has 0 aliphatic heterocycles. The Balaban J connectivity index is 2.60. The smallest absolute Gasteiger partial charge is 0.317 e. The lowest BCUT2D eigenvalue weighted by Crippen LogP contribution is -2.55. The van der Waals surface area contributed by atoms with E-state index in [1.807, 2.05) is 24.3 Å². The molecular formula is C25H37NO6. The van der Waals surface area contributed by atoms with Crippen molar-refractivity contribution in [1.82, 2.24) is 0 Å². The van der Waals surface area contributed by atoms with Crippen LogP contribution in [-0.2, 0) is 23.9 Å². The molecule has 0 aromatic heterocycles. The predicted octanol–water partition coefficient (Wildman–Crippen LogP) is 3.48.